The zero-order valence-corrected chi connectivity index (χ0v) is 20.1. The largest absolute Gasteiger partial charge is 0.381 e. The smallest absolute Gasteiger partial charge is 0.251 e. The van der Waals surface area contributed by atoms with E-state index in [0.29, 0.717) is 11.5 Å². The Kier molecular flexibility index (Phi) is 5.24. The Morgan fingerprint density at radius 1 is 1.03 bits per heavy atom. The lowest BCUT2D eigenvalue weighted by Gasteiger charge is -2.47. The van der Waals surface area contributed by atoms with Crippen molar-refractivity contribution in [2.75, 3.05) is 31.2 Å². The maximum absolute atomic E-state index is 13.3. The molecule has 1 aliphatic carbocycles. The van der Waals surface area contributed by atoms with Gasteiger partial charge >= 0.3 is 0 Å². The fraction of sp³-hybridized carbons (Fsp3) is 0.345. The van der Waals surface area contributed by atoms with Gasteiger partial charge in [-0.15, -0.1) is 0 Å². The summed E-state index contributed by atoms with van der Waals surface area (Å²) in [6, 6.07) is 20.2. The van der Waals surface area contributed by atoms with E-state index in [9.17, 15) is 4.79 Å². The van der Waals surface area contributed by atoms with Gasteiger partial charge in [-0.25, -0.2) is 0 Å². The SMILES string of the molecule is O=C(NC(c1ccccn1)C1CC1)c1ccc2[nH]nc(-c3ccc(N4CC(C5COC5)C4)cc3)c2c1. The molecule has 4 heterocycles. The van der Waals surface area contributed by atoms with Crippen LogP contribution in [-0.2, 0) is 4.74 Å². The number of ether oxygens (including phenoxy) is 1. The minimum Gasteiger partial charge on any atom is -0.381 e. The summed E-state index contributed by atoms with van der Waals surface area (Å²) >= 11 is 0. The van der Waals surface area contributed by atoms with Crippen molar-refractivity contribution in [3.8, 4) is 11.3 Å². The van der Waals surface area contributed by atoms with E-state index < -0.39 is 0 Å². The van der Waals surface area contributed by atoms with Gasteiger partial charge < -0.3 is 15.0 Å². The van der Waals surface area contributed by atoms with Crippen LogP contribution in [0.1, 0.15) is 34.9 Å². The summed E-state index contributed by atoms with van der Waals surface area (Å²) in [5.41, 5.74) is 5.63. The van der Waals surface area contributed by atoms with E-state index in [1.165, 1.54) is 5.69 Å². The molecule has 1 unspecified atom stereocenters. The Labute approximate surface area is 209 Å². The summed E-state index contributed by atoms with van der Waals surface area (Å²) in [5.74, 6) is 1.88. The molecule has 1 saturated carbocycles. The quantitative estimate of drug-likeness (QED) is 0.405. The number of anilines is 1. The molecule has 7 heteroatoms. The molecule has 1 atom stereocenters. The average molecular weight is 480 g/mol. The second-order valence-electron chi connectivity index (χ2n) is 10.4. The lowest BCUT2D eigenvalue weighted by atomic mass is 9.84. The third kappa shape index (κ3) is 3.93. The van der Waals surface area contributed by atoms with Crippen LogP contribution in [0.3, 0.4) is 0 Å². The lowest BCUT2D eigenvalue weighted by Crippen LogP contribution is -2.54. The van der Waals surface area contributed by atoms with Gasteiger partial charge in [-0.3, -0.25) is 14.9 Å². The first-order chi connectivity index (χ1) is 17.7. The number of fused-ring (bicyclic) bond motifs is 1. The molecule has 2 aromatic carbocycles. The third-order valence-corrected chi connectivity index (χ3v) is 7.96. The number of hydrogen-bond donors (Lipinski definition) is 2. The van der Waals surface area contributed by atoms with E-state index in [4.69, 9.17) is 4.74 Å². The van der Waals surface area contributed by atoms with Crippen molar-refractivity contribution >= 4 is 22.5 Å². The van der Waals surface area contributed by atoms with Crippen LogP contribution in [-0.4, -0.2) is 47.4 Å². The van der Waals surface area contributed by atoms with Crippen LogP contribution >= 0.6 is 0 Å². The average Bonchev–Trinajstić information content (AvgIpc) is 3.62. The first kappa shape index (κ1) is 21.6. The highest BCUT2D eigenvalue weighted by Gasteiger charge is 2.37. The molecule has 2 saturated heterocycles. The fourth-order valence-corrected chi connectivity index (χ4v) is 5.40. The van der Waals surface area contributed by atoms with Gasteiger partial charge in [0.25, 0.3) is 5.91 Å². The number of aromatic amines is 1. The molecular formula is C29H29N5O2. The summed E-state index contributed by atoms with van der Waals surface area (Å²) in [6.45, 7) is 4.07. The summed E-state index contributed by atoms with van der Waals surface area (Å²) in [6.07, 6.45) is 4.03. The predicted molar refractivity (Wildman–Crippen MR) is 139 cm³/mol. The number of aromatic nitrogens is 3. The highest BCUT2D eigenvalue weighted by Crippen LogP contribution is 2.40. The molecule has 7 nitrogen and oxygen atoms in total. The van der Waals surface area contributed by atoms with Gasteiger partial charge in [0.05, 0.1) is 36.2 Å². The Balaban J connectivity index is 1.10. The van der Waals surface area contributed by atoms with E-state index in [1.54, 1.807) is 6.20 Å². The summed E-state index contributed by atoms with van der Waals surface area (Å²) in [4.78, 5) is 20.2. The number of pyridine rings is 1. The van der Waals surface area contributed by atoms with Gasteiger partial charge in [0.15, 0.2) is 0 Å². The Bertz CT molecular complexity index is 1390. The normalized spacial score (nSPS) is 19.1. The third-order valence-electron chi connectivity index (χ3n) is 7.96. The number of rotatable bonds is 7. The molecule has 182 valence electrons. The Hall–Kier alpha value is -3.71. The molecule has 0 radical (unpaired) electrons. The van der Waals surface area contributed by atoms with Crippen LogP contribution in [0.25, 0.3) is 22.2 Å². The first-order valence-electron chi connectivity index (χ1n) is 12.9. The van der Waals surface area contributed by atoms with Gasteiger partial charge in [0.2, 0.25) is 0 Å². The molecule has 2 N–H and O–H groups in total. The molecule has 0 spiro atoms. The monoisotopic (exact) mass is 479 g/mol. The lowest BCUT2D eigenvalue weighted by molar-refractivity contribution is -0.0659. The highest BCUT2D eigenvalue weighted by atomic mass is 16.5. The minimum atomic E-state index is -0.0776. The van der Waals surface area contributed by atoms with Crippen molar-refractivity contribution in [2.24, 2.45) is 17.8 Å². The summed E-state index contributed by atoms with van der Waals surface area (Å²) in [7, 11) is 0. The number of carbonyl (C=O) groups is 1. The maximum atomic E-state index is 13.3. The van der Waals surface area contributed by atoms with E-state index in [2.05, 4.69) is 49.7 Å². The highest BCUT2D eigenvalue weighted by molar-refractivity contribution is 6.01. The van der Waals surface area contributed by atoms with Gasteiger partial charge in [-0.2, -0.15) is 5.10 Å². The van der Waals surface area contributed by atoms with Crippen LogP contribution in [0.2, 0.25) is 0 Å². The van der Waals surface area contributed by atoms with Crippen LogP contribution in [0.5, 0.6) is 0 Å². The maximum Gasteiger partial charge on any atom is 0.251 e. The number of carbonyl (C=O) groups excluding carboxylic acids is 1. The molecule has 2 aromatic heterocycles. The second-order valence-corrected chi connectivity index (χ2v) is 10.4. The number of nitrogens with zero attached hydrogens (tertiary/aromatic N) is 3. The van der Waals surface area contributed by atoms with E-state index in [0.717, 1.165) is 78.8 Å². The van der Waals surface area contributed by atoms with Crippen LogP contribution in [0, 0.1) is 17.8 Å². The molecule has 36 heavy (non-hydrogen) atoms. The molecular weight excluding hydrogens is 450 g/mol. The van der Waals surface area contributed by atoms with E-state index in [-0.39, 0.29) is 11.9 Å². The zero-order chi connectivity index (χ0) is 24.1. The van der Waals surface area contributed by atoms with E-state index >= 15 is 0 Å². The summed E-state index contributed by atoms with van der Waals surface area (Å²) < 4.78 is 5.34. The van der Waals surface area contributed by atoms with Crippen molar-refractivity contribution in [1.82, 2.24) is 20.5 Å². The predicted octanol–water partition coefficient (Wildman–Crippen LogP) is 4.59. The van der Waals surface area contributed by atoms with Crippen molar-refractivity contribution in [3.63, 3.8) is 0 Å². The number of benzene rings is 2. The molecule has 2 aliphatic heterocycles. The molecule has 3 fully saturated rings. The zero-order valence-electron chi connectivity index (χ0n) is 20.1. The van der Waals surface area contributed by atoms with Gasteiger partial charge in [-0.1, -0.05) is 18.2 Å². The van der Waals surface area contributed by atoms with Gasteiger partial charge in [-0.05, 0) is 61.2 Å². The number of H-pyrrole nitrogens is 1. The Morgan fingerprint density at radius 2 is 1.86 bits per heavy atom. The molecule has 4 aromatic rings. The number of amides is 1. The molecule has 7 rings (SSSR count). The van der Waals surface area contributed by atoms with Crippen molar-refractivity contribution < 1.29 is 9.53 Å². The second kappa shape index (κ2) is 8.75. The van der Waals surface area contributed by atoms with Gasteiger partial charge in [0.1, 0.15) is 0 Å². The number of nitrogens with one attached hydrogen (secondary N) is 2. The number of hydrogen-bond acceptors (Lipinski definition) is 5. The molecule has 0 bridgehead atoms. The minimum absolute atomic E-state index is 0.0521. The molecule has 1 amide bonds. The standard InChI is InChI=1S/C29H29N5O2/c35-29(31-28(19-4-5-19)26-3-1-2-12-30-26)20-8-11-25-24(13-20)27(33-32-25)18-6-9-23(10-7-18)34-14-21(15-34)22-16-36-17-22/h1-3,6-13,19,21-22,28H,4-5,14-17H2,(H,31,35)(H,32,33). The fourth-order valence-electron chi connectivity index (χ4n) is 5.40. The van der Waals surface area contributed by atoms with Crippen molar-refractivity contribution in [2.45, 2.75) is 18.9 Å². The Morgan fingerprint density at radius 3 is 2.56 bits per heavy atom. The van der Waals surface area contributed by atoms with Crippen LogP contribution < -0.4 is 10.2 Å². The summed E-state index contributed by atoms with van der Waals surface area (Å²) in [5, 5.41) is 11.9. The van der Waals surface area contributed by atoms with Crippen LogP contribution in [0.15, 0.2) is 66.9 Å². The van der Waals surface area contributed by atoms with Crippen molar-refractivity contribution in [3.05, 3.63) is 78.1 Å². The first-order valence-corrected chi connectivity index (χ1v) is 12.9. The van der Waals surface area contributed by atoms with Gasteiger partial charge in [0, 0.05) is 53.3 Å². The topological polar surface area (TPSA) is 83.1 Å². The van der Waals surface area contributed by atoms with Crippen molar-refractivity contribution in [1.29, 1.82) is 0 Å². The molecule has 3 aliphatic rings. The van der Waals surface area contributed by atoms with Crippen LogP contribution in [0.4, 0.5) is 5.69 Å². The van der Waals surface area contributed by atoms with E-state index in [1.807, 2.05) is 36.4 Å².